The van der Waals surface area contributed by atoms with Gasteiger partial charge in [0, 0.05) is 31.5 Å². The van der Waals surface area contributed by atoms with Crippen molar-refractivity contribution in [3.05, 3.63) is 76.1 Å². The van der Waals surface area contributed by atoms with Crippen LogP contribution in [0.25, 0.3) is 0 Å². The molecular weight excluding hydrogens is 424 g/mol. The predicted octanol–water partition coefficient (Wildman–Crippen LogP) is 6.73. The summed E-state index contributed by atoms with van der Waals surface area (Å²) in [6.45, 7) is 8.74. The number of aryl methyl sites for hydroxylation is 1. The number of benzene rings is 1. The molecule has 1 amide bonds. The summed E-state index contributed by atoms with van der Waals surface area (Å²) in [5.74, 6) is -0.315. The van der Waals surface area contributed by atoms with Gasteiger partial charge in [-0.2, -0.15) is 0 Å². The average Bonchev–Trinajstić information content (AvgIpc) is 2.79. The lowest BCUT2D eigenvalue weighted by molar-refractivity contribution is 0.0780. The largest absolute Gasteiger partial charge is 0.508 e. The molecule has 0 fully saturated rings. The number of unbranched alkanes of at least 4 members (excludes halogenated alkanes) is 2. The molecule has 0 atom stereocenters. The summed E-state index contributed by atoms with van der Waals surface area (Å²) in [6.07, 6.45) is 13.5. The molecule has 1 aromatic carbocycles. The quantitative estimate of drug-likeness (QED) is 0.270. The minimum absolute atomic E-state index is 0.0452. The molecule has 5 nitrogen and oxygen atoms in total. The number of carbonyl (C=O) groups excluding carboxylic acids is 1. The SMILES string of the molecule is CCCCCc1cc(O)c(C/C=C(\C)CCC=C(C)C)c(O)c1C(=O)N(C)Cc1cccnc1. The molecule has 184 valence electrons. The van der Waals surface area contributed by atoms with Crippen LogP contribution in [0.15, 0.2) is 53.9 Å². The number of aromatic hydroxyl groups is 2. The molecule has 1 aromatic heterocycles. The number of hydrogen-bond donors (Lipinski definition) is 2. The Bertz CT molecular complexity index is 1010. The summed E-state index contributed by atoms with van der Waals surface area (Å²) in [5, 5.41) is 21.9. The van der Waals surface area contributed by atoms with Crippen LogP contribution in [0.2, 0.25) is 0 Å². The number of pyridine rings is 1. The van der Waals surface area contributed by atoms with Crippen molar-refractivity contribution in [2.24, 2.45) is 0 Å². The van der Waals surface area contributed by atoms with E-state index in [1.54, 1.807) is 30.4 Å². The monoisotopic (exact) mass is 464 g/mol. The van der Waals surface area contributed by atoms with E-state index < -0.39 is 0 Å². The number of phenolic OH excluding ortho intramolecular Hbond substituents is 2. The van der Waals surface area contributed by atoms with E-state index in [9.17, 15) is 15.0 Å². The molecule has 2 aromatic rings. The Hall–Kier alpha value is -3.08. The van der Waals surface area contributed by atoms with Crippen LogP contribution in [0.1, 0.15) is 86.8 Å². The summed E-state index contributed by atoms with van der Waals surface area (Å²) in [6, 6.07) is 5.43. The molecule has 0 spiro atoms. The highest BCUT2D eigenvalue weighted by Gasteiger charge is 2.24. The van der Waals surface area contributed by atoms with Crippen LogP contribution < -0.4 is 0 Å². The summed E-state index contributed by atoms with van der Waals surface area (Å²) in [4.78, 5) is 19.2. The molecule has 0 aliphatic heterocycles. The normalized spacial score (nSPS) is 11.4. The van der Waals surface area contributed by atoms with E-state index in [0.717, 1.165) is 37.7 Å². The van der Waals surface area contributed by atoms with Gasteiger partial charge in [0.2, 0.25) is 0 Å². The van der Waals surface area contributed by atoms with Crippen molar-refractivity contribution >= 4 is 5.91 Å². The van der Waals surface area contributed by atoms with Crippen molar-refractivity contribution in [3.8, 4) is 11.5 Å². The standard InChI is InChI=1S/C29H40N2O3/c1-6-7-8-14-24-18-26(32)25(16-15-22(4)12-9-11-21(2)3)28(33)27(24)29(34)31(5)20-23-13-10-17-30-19-23/h10-11,13,15,17-19,32-33H,6-9,12,14,16,20H2,1-5H3/b22-15+. The average molecular weight is 465 g/mol. The predicted molar refractivity (Wildman–Crippen MR) is 139 cm³/mol. The number of carbonyl (C=O) groups is 1. The lowest BCUT2D eigenvalue weighted by atomic mass is 9.94. The third kappa shape index (κ3) is 8.05. The van der Waals surface area contributed by atoms with Crippen LogP contribution in [0.4, 0.5) is 0 Å². The number of allylic oxidation sites excluding steroid dienone is 4. The second kappa shape index (κ2) is 13.6. The van der Waals surface area contributed by atoms with Crippen molar-refractivity contribution in [3.63, 3.8) is 0 Å². The third-order valence-electron chi connectivity index (χ3n) is 5.96. The Morgan fingerprint density at radius 1 is 1.15 bits per heavy atom. The highest BCUT2D eigenvalue weighted by molar-refractivity contribution is 5.99. The maximum absolute atomic E-state index is 13.5. The second-order valence-electron chi connectivity index (χ2n) is 9.31. The van der Waals surface area contributed by atoms with E-state index in [-0.39, 0.29) is 17.4 Å². The zero-order valence-corrected chi connectivity index (χ0v) is 21.4. The molecule has 0 saturated heterocycles. The van der Waals surface area contributed by atoms with Crippen LogP contribution in [0, 0.1) is 0 Å². The Labute approximate surface area is 204 Å². The number of aromatic nitrogens is 1. The fourth-order valence-corrected chi connectivity index (χ4v) is 3.95. The molecule has 0 saturated carbocycles. The first-order valence-electron chi connectivity index (χ1n) is 12.2. The molecule has 34 heavy (non-hydrogen) atoms. The smallest absolute Gasteiger partial charge is 0.257 e. The number of rotatable bonds is 12. The summed E-state index contributed by atoms with van der Waals surface area (Å²) in [5.41, 5.74) is 4.79. The second-order valence-corrected chi connectivity index (χ2v) is 9.31. The number of phenols is 2. The molecule has 0 aliphatic rings. The zero-order chi connectivity index (χ0) is 25.1. The first-order chi connectivity index (χ1) is 16.2. The van der Waals surface area contributed by atoms with Gasteiger partial charge in [0.05, 0.1) is 5.56 Å². The van der Waals surface area contributed by atoms with Crippen molar-refractivity contribution in [1.82, 2.24) is 9.88 Å². The van der Waals surface area contributed by atoms with E-state index in [2.05, 4.69) is 38.8 Å². The van der Waals surface area contributed by atoms with Gasteiger partial charge in [0.15, 0.2) is 0 Å². The summed E-state index contributed by atoms with van der Waals surface area (Å²) < 4.78 is 0. The van der Waals surface area contributed by atoms with Gasteiger partial charge in [0.1, 0.15) is 11.5 Å². The van der Waals surface area contributed by atoms with Crippen LogP contribution >= 0.6 is 0 Å². The van der Waals surface area contributed by atoms with Gasteiger partial charge in [0.25, 0.3) is 5.91 Å². The lowest BCUT2D eigenvalue weighted by Crippen LogP contribution is -2.27. The lowest BCUT2D eigenvalue weighted by Gasteiger charge is -2.22. The number of nitrogens with zero attached hydrogens (tertiary/aromatic N) is 2. The molecule has 1 heterocycles. The van der Waals surface area contributed by atoms with Crippen LogP contribution in [0.5, 0.6) is 11.5 Å². The first-order valence-corrected chi connectivity index (χ1v) is 12.2. The van der Waals surface area contributed by atoms with Crippen molar-refractivity contribution in [1.29, 1.82) is 0 Å². The Morgan fingerprint density at radius 2 is 1.91 bits per heavy atom. The highest BCUT2D eigenvalue weighted by Crippen LogP contribution is 2.36. The van der Waals surface area contributed by atoms with Gasteiger partial charge in [-0.25, -0.2) is 0 Å². The van der Waals surface area contributed by atoms with Crippen LogP contribution in [-0.4, -0.2) is 33.1 Å². The maximum atomic E-state index is 13.5. The van der Waals surface area contributed by atoms with Crippen molar-refractivity contribution < 1.29 is 15.0 Å². The van der Waals surface area contributed by atoms with Crippen molar-refractivity contribution in [2.45, 2.75) is 79.2 Å². The Balaban J connectivity index is 2.35. The van der Waals surface area contributed by atoms with E-state index >= 15 is 0 Å². The maximum Gasteiger partial charge on any atom is 0.257 e. The van der Waals surface area contributed by atoms with E-state index in [1.165, 1.54) is 11.1 Å². The minimum atomic E-state index is -0.252. The van der Waals surface area contributed by atoms with E-state index in [0.29, 0.717) is 36.1 Å². The van der Waals surface area contributed by atoms with Gasteiger partial charge in [-0.15, -0.1) is 0 Å². The molecule has 0 unspecified atom stereocenters. The van der Waals surface area contributed by atoms with E-state index in [1.807, 2.05) is 18.2 Å². The number of hydrogen-bond acceptors (Lipinski definition) is 4. The summed E-state index contributed by atoms with van der Waals surface area (Å²) in [7, 11) is 1.73. The fraction of sp³-hybridized carbons (Fsp3) is 0.448. The molecule has 5 heteroatoms. The number of amides is 1. The van der Waals surface area contributed by atoms with Gasteiger partial charge >= 0.3 is 0 Å². The first kappa shape index (κ1) is 27.2. The van der Waals surface area contributed by atoms with Crippen molar-refractivity contribution in [2.75, 3.05) is 7.05 Å². The van der Waals surface area contributed by atoms with Crippen LogP contribution in [-0.2, 0) is 19.4 Å². The molecule has 0 aliphatic carbocycles. The molecular formula is C29H40N2O3. The summed E-state index contributed by atoms with van der Waals surface area (Å²) >= 11 is 0. The third-order valence-corrected chi connectivity index (χ3v) is 5.96. The molecule has 2 N–H and O–H groups in total. The Morgan fingerprint density at radius 3 is 2.56 bits per heavy atom. The molecule has 0 radical (unpaired) electrons. The highest BCUT2D eigenvalue weighted by atomic mass is 16.3. The molecule has 2 rings (SSSR count). The van der Waals surface area contributed by atoms with Gasteiger partial charge in [-0.05, 0) is 76.1 Å². The van der Waals surface area contributed by atoms with E-state index in [4.69, 9.17) is 0 Å². The van der Waals surface area contributed by atoms with Crippen LogP contribution in [0.3, 0.4) is 0 Å². The van der Waals surface area contributed by atoms with Gasteiger partial charge in [-0.1, -0.05) is 49.1 Å². The Kier molecular flexibility index (Phi) is 10.9. The topological polar surface area (TPSA) is 73.7 Å². The zero-order valence-electron chi connectivity index (χ0n) is 21.4. The van der Waals surface area contributed by atoms with Gasteiger partial charge < -0.3 is 15.1 Å². The molecule has 0 bridgehead atoms. The minimum Gasteiger partial charge on any atom is -0.508 e. The van der Waals surface area contributed by atoms with Gasteiger partial charge in [-0.3, -0.25) is 9.78 Å². The fourth-order valence-electron chi connectivity index (χ4n) is 3.95.